The summed E-state index contributed by atoms with van der Waals surface area (Å²) in [5.41, 5.74) is 5.98. The van der Waals surface area contributed by atoms with Crippen molar-refractivity contribution in [2.45, 2.75) is 34.1 Å². The predicted molar refractivity (Wildman–Crippen MR) is 72.6 cm³/mol. The highest BCUT2D eigenvalue weighted by molar-refractivity contribution is 5.77. The zero-order valence-corrected chi connectivity index (χ0v) is 11.3. The van der Waals surface area contributed by atoms with E-state index >= 15 is 0 Å². The summed E-state index contributed by atoms with van der Waals surface area (Å²) < 4.78 is 0. The first-order valence-corrected chi connectivity index (χ1v) is 6.09. The number of nitrogens with zero attached hydrogens (tertiary/aromatic N) is 1. The summed E-state index contributed by atoms with van der Waals surface area (Å²) in [7, 11) is 0. The minimum absolute atomic E-state index is 0.118. The van der Waals surface area contributed by atoms with Crippen LogP contribution in [0.3, 0.4) is 0 Å². The first kappa shape index (κ1) is 12.6. The lowest BCUT2D eigenvalue weighted by Crippen LogP contribution is -1.98. The maximum Gasteiger partial charge on any atom is 0.137 e. The van der Waals surface area contributed by atoms with Crippen LogP contribution in [-0.4, -0.2) is 15.8 Å². The number of Topliss-reactive ketones (excluding diaryl/α,β-unsaturated/α-hetero) is 1. The molecule has 0 aliphatic carbocycles. The van der Waals surface area contributed by atoms with Gasteiger partial charge in [-0.25, -0.2) is 4.98 Å². The quantitative estimate of drug-likeness (QED) is 0.898. The lowest BCUT2D eigenvalue weighted by Gasteiger charge is -2.09. The fourth-order valence-corrected chi connectivity index (χ4v) is 2.07. The number of aromatic amines is 1. The van der Waals surface area contributed by atoms with E-state index in [1.54, 1.807) is 13.1 Å². The number of aromatic nitrogens is 2. The second-order valence-corrected chi connectivity index (χ2v) is 4.80. The van der Waals surface area contributed by atoms with E-state index in [-0.39, 0.29) is 5.78 Å². The van der Waals surface area contributed by atoms with Gasteiger partial charge in [-0.2, -0.15) is 0 Å². The summed E-state index contributed by atoms with van der Waals surface area (Å²) in [4.78, 5) is 18.5. The molecule has 1 aromatic heterocycles. The van der Waals surface area contributed by atoms with E-state index in [1.807, 2.05) is 0 Å². The number of ketones is 1. The minimum atomic E-state index is 0.118. The van der Waals surface area contributed by atoms with Crippen molar-refractivity contribution in [3.05, 3.63) is 40.8 Å². The number of carbonyl (C=O) groups is 1. The third-order valence-electron chi connectivity index (χ3n) is 3.39. The molecule has 0 aliphatic rings. The van der Waals surface area contributed by atoms with Crippen molar-refractivity contribution in [2.75, 3.05) is 0 Å². The highest BCUT2D eigenvalue weighted by Gasteiger charge is 2.09. The highest BCUT2D eigenvalue weighted by Crippen LogP contribution is 2.26. The van der Waals surface area contributed by atoms with Gasteiger partial charge in [-0.15, -0.1) is 0 Å². The van der Waals surface area contributed by atoms with Crippen LogP contribution in [-0.2, 0) is 11.2 Å². The number of hydrogen-bond donors (Lipinski definition) is 1. The van der Waals surface area contributed by atoms with Crippen LogP contribution < -0.4 is 0 Å². The molecule has 2 rings (SSSR count). The molecule has 0 amide bonds. The number of hydrogen-bond acceptors (Lipinski definition) is 2. The zero-order chi connectivity index (χ0) is 13.3. The molecule has 0 fully saturated rings. The zero-order valence-electron chi connectivity index (χ0n) is 11.3. The standard InChI is InChI=1S/C15H18N2O/c1-9-5-6-13(12(4)11(9)3)14-8-16-15(17-14)7-10(2)18/h5-6,8H,7H2,1-4H3,(H,16,17). The third-order valence-corrected chi connectivity index (χ3v) is 3.39. The predicted octanol–water partition coefficient (Wildman–Crippen LogP) is 3.13. The number of rotatable bonds is 3. The van der Waals surface area contributed by atoms with E-state index in [2.05, 4.69) is 42.9 Å². The topological polar surface area (TPSA) is 45.8 Å². The van der Waals surface area contributed by atoms with Gasteiger partial charge in [0.05, 0.1) is 18.3 Å². The van der Waals surface area contributed by atoms with E-state index in [0.717, 1.165) is 17.1 Å². The minimum Gasteiger partial charge on any atom is -0.342 e. The Bertz CT molecular complexity index is 597. The van der Waals surface area contributed by atoms with E-state index in [0.29, 0.717) is 6.42 Å². The van der Waals surface area contributed by atoms with Crippen molar-refractivity contribution in [1.29, 1.82) is 0 Å². The Morgan fingerprint density at radius 1 is 1.22 bits per heavy atom. The fourth-order valence-electron chi connectivity index (χ4n) is 2.07. The molecule has 0 aliphatic heterocycles. The van der Waals surface area contributed by atoms with Crippen molar-refractivity contribution in [1.82, 2.24) is 9.97 Å². The van der Waals surface area contributed by atoms with Crippen LogP contribution in [0.25, 0.3) is 11.3 Å². The number of imidazole rings is 1. The second kappa shape index (κ2) is 4.77. The molecule has 2 aromatic rings. The Kier molecular flexibility index (Phi) is 3.32. The maximum atomic E-state index is 11.1. The van der Waals surface area contributed by atoms with E-state index < -0.39 is 0 Å². The molecule has 0 atom stereocenters. The molecular formula is C15H18N2O. The maximum absolute atomic E-state index is 11.1. The molecule has 0 bridgehead atoms. The molecular weight excluding hydrogens is 224 g/mol. The fraction of sp³-hybridized carbons (Fsp3) is 0.333. The van der Waals surface area contributed by atoms with E-state index in [9.17, 15) is 4.79 Å². The first-order valence-electron chi connectivity index (χ1n) is 6.09. The average Bonchev–Trinajstić information content (AvgIpc) is 2.73. The van der Waals surface area contributed by atoms with Crippen LogP contribution in [0.1, 0.15) is 29.4 Å². The van der Waals surface area contributed by atoms with Crippen molar-refractivity contribution >= 4 is 5.78 Å². The summed E-state index contributed by atoms with van der Waals surface area (Å²) in [6, 6.07) is 4.21. The summed E-state index contributed by atoms with van der Waals surface area (Å²) in [6.45, 7) is 7.92. The Morgan fingerprint density at radius 3 is 2.61 bits per heavy atom. The SMILES string of the molecule is CC(=O)Cc1ncc(-c2ccc(C)c(C)c2C)[nH]1. The van der Waals surface area contributed by atoms with Crippen LogP contribution in [0.4, 0.5) is 0 Å². The number of benzene rings is 1. The van der Waals surface area contributed by atoms with Crippen molar-refractivity contribution in [3.63, 3.8) is 0 Å². The smallest absolute Gasteiger partial charge is 0.137 e. The molecule has 1 N–H and O–H groups in total. The van der Waals surface area contributed by atoms with Crippen LogP contribution in [0, 0.1) is 20.8 Å². The van der Waals surface area contributed by atoms with Crippen LogP contribution >= 0.6 is 0 Å². The number of carbonyl (C=O) groups excluding carboxylic acids is 1. The first-order chi connectivity index (χ1) is 8.49. The largest absolute Gasteiger partial charge is 0.342 e. The molecule has 1 heterocycles. The van der Waals surface area contributed by atoms with Gasteiger partial charge in [0.2, 0.25) is 0 Å². The number of nitrogens with one attached hydrogen (secondary N) is 1. The summed E-state index contributed by atoms with van der Waals surface area (Å²) in [5.74, 6) is 0.850. The summed E-state index contributed by atoms with van der Waals surface area (Å²) >= 11 is 0. The van der Waals surface area contributed by atoms with Gasteiger partial charge in [0.25, 0.3) is 0 Å². The summed E-state index contributed by atoms with van der Waals surface area (Å²) in [5, 5.41) is 0. The van der Waals surface area contributed by atoms with Gasteiger partial charge >= 0.3 is 0 Å². The van der Waals surface area contributed by atoms with Gasteiger partial charge in [0.15, 0.2) is 0 Å². The van der Waals surface area contributed by atoms with Crippen molar-refractivity contribution < 1.29 is 4.79 Å². The van der Waals surface area contributed by atoms with Crippen molar-refractivity contribution in [3.8, 4) is 11.3 Å². The molecule has 0 unspecified atom stereocenters. The monoisotopic (exact) mass is 242 g/mol. The Labute approximate surface area is 107 Å². The van der Waals surface area contributed by atoms with Gasteiger partial charge in [0, 0.05) is 5.56 Å². The van der Waals surface area contributed by atoms with Gasteiger partial charge in [-0.05, 0) is 44.4 Å². The Balaban J connectivity index is 2.40. The highest BCUT2D eigenvalue weighted by atomic mass is 16.1. The molecule has 1 aromatic carbocycles. The van der Waals surface area contributed by atoms with Gasteiger partial charge in [-0.1, -0.05) is 12.1 Å². The lowest BCUT2D eigenvalue weighted by molar-refractivity contribution is -0.116. The Hall–Kier alpha value is -1.90. The molecule has 0 saturated carbocycles. The van der Waals surface area contributed by atoms with Gasteiger partial charge in [0.1, 0.15) is 11.6 Å². The molecule has 3 nitrogen and oxygen atoms in total. The molecule has 0 radical (unpaired) electrons. The third kappa shape index (κ3) is 2.35. The van der Waals surface area contributed by atoms with E-state index in [4.69, 9.17) is 0 Å². The van der Waals surface area contributed by atoms with Crippen molar-refractivity contribution in [2.24, 2.45) is 0 Å². The van der Waals surface area contributed by atoms with Crippen LogP contribution in [0.5, 0.6) is 0 Å². The van der Waals surface area contributed by atoms with Crippen LogP contribution in [0.2, 0.25) is 0 Å². The number of H-pyrrole nitrogens is 1. The normalized spacial score (nSPS) is 10.7. The molecule has 94 valence electrons. The molecule has 0 saturated heterocycles. The van der Waals surface area contributed by atoms with Gasteiger partial charge in [-0.3, -0.25) is 4.79 Å². The summed E-state index contributed by atoms with van der Waals surface area (Å²) in [6.07, 6.45) is 2.17. The van der Waals surface area contributed by atoms with E-state index in [1.165, 1.54) is 16.7 Å². The molecule has 0 spiro atoms. The number of aryl methyl sites for hydroxylation is 1. The second-order valence-electron chi connectivity index (χ2n) is 4.80. The Morgan fingerprint density at radius 2 is 1.94 bits per heavy atom. The molecule has 3 heteroatoms. The average molecular weight is 242 g/mol. The molecule has 18 heavy (non-hydrogen) atoms. The lowest BCUT2D eigenvalue weighted by atomic mass is 9.97. The van der Waals surface area contributed by atoms with Crippen LogP contribution in [0.15, 0.2) is 18.3 Å². The van der Waals surface area contributed by atoms with Gasteiger partial charge < -0.3 is 4.98 Å².